The molecule has 0 radical (unpaired) electrons. The monoisotopic (exact) mass is 409 g/mol. The van der Waals surface area contributed by atoms with Crippen LogP contribution in [0.2, 0.25) is 0 Å². The average Bonchev–Trinajstić information content (AvgIpc) is 3.28. The number of anilines is 2. The molecule has 6 heteroatoms. The molecular weight excluding hydrogens is 386 g/mol. The zero-order valence-corrected chi connectivity index (χ0v) is 17.6. The van der Waals surface area contributed by atoms with Gasteiger partial charge >= 0.3 is 0 Å². The summed E-state index contributed by atoms with van der Waals surface area (Å²) < 4.78 is 0. The number of benzene rings is 2. The second-order valence-electron chi connectivity index (χ2n) is 7.86. The van der Waals surface area contributed by atoms with Crippen molar-refractivity contribution in [3.8, 4) is 11.1 Å². The predicted octanol–water partition coefficient (Wildman–Crippen LogP) is 4.78. The van der Waals surface area contributed by atoms with E-state index in [1.807, 2.05) is 43.3 Å². The van der Waals surface area contributed by atoms with E-state index in [1.54, 1.807) is 19.4 Å². The maximum atomic E-state index is 13.0. The SMILES string of the molecule is CNc1ncc2cc(-c3cc(C(=O)Nc4cccc5c4CCC5)ccc3C)cnc2n1. The summed E-state index contributed by atoms with van der Waals surface area (Å²) in [5.41, 5.74) is 7.76. The maximum absolute atomic E-state index is 13.0. The molecule has 0 atom stereocenters. The molecule has 0 fully saturated rings. The molecule has 2 aromatic carbocycles. The Balaban J connectivity index is 1.47. The maximum Gasteiger partial charge on any atom is 0.255 e. The smallest absolute Gasteiger partial charge is 0.255 e. The topological polar surface area (TPSA) is 79.8 Å². The first-order valence-electron chi connectivity index (χ1n) is 10.5. The first-order chi connectivity index (χ1) is 15.1. The molecule has 2 N–H and O–H groups in total. The van der Waals surface area contributed by atoms with Gasteiger partial charge in [-0.1, -0.05) is 18.2 Å². The summed E-state index contributed by atoms with van der Waals surface area (Å²) in [5, 5.41) is 6.89. The van der Waals surface area contributed by atoms with Crippen LogP contribution in [0, 0.1) is 6.92 Å². The summed E-state index contributed by atoms with van der Waals surface area (Å²) in [6.45, 7) is 2.03. The van der Waals surface area contributed by atoms with Gasteiger partial charge in [-0.25, -0.2) is 9.97 Å². The molecule has 0 saturated carbocycles. The number of nitrogens with one attached hydrogen (secondary N) is 2. The molecule has 0 spiro atoms. The standard InChI is InChI=1S/C25H23N5O/c1-15-9-10-17(24(31)29-22-8-4-6-16-5-3-7-20(16)22)12-21(15)18-11-19-14-28-25(26-2)30-23(19)27-13-18/h4,6,8-14H,3,5,7H2,1-2H3,(H,29,31)(H,26,27,28,30). The van der Waals surface area contributed by atoms with E-state index in [0.29, 0.717) is 17.2 Å². The van der Waals surface area contributed by atoms with Crippen molar-refractivity contribution in [2.45, 2.75) is 26.2 Å². The predicted molar refractivity (Wildman–Crippen MR) is 123 cm³/mol. The zero-order valence-electron chi connectivity index (χ0n) is 17.6. The van der Waals surface area contributed by atoms with Gasteiger partial charge in [0.05, 0.1) is 0 Å². The number of carbonyl (C=O) groups is 1. The summed E-state index contributed by atoms with van der Waals surface area (Å²) in [6, 6.07) is 13.9. The van der Waals surface area contributed by atoms with Gasteiger partial charge in [0, 0.05) is 41.6 Å². The van der Waals surface area contributed by atoms with Gasteiger partial charge in [0.2, 0.25) is 5.95 Å². The molecule has 5 rings (SSSR count). The van der Waals surface area contributed by atoms with E-state index in [-0.39, 0.29) is 5.91 Å². The Morgan fingerprint density at radius 3 is 2.81 bits per heavy atom. The fourth-order valence-electron chi connectivity index (χ4n) is 4.20. The van der Waals surface area contributed by atoms with Gasteiger partial charge in [-0.15, -0.1) is 0 Å². The van der Waals surface area contributed by atoms with E-state index in [2.05, 4.69) is 31.7 Å². The Morgan fingerprint density at radius 1 is 1.03 bits per heavy atom. The van der Waals surface area contributed by atoms with Crippen LogP contribution in [0.15, 0.2) is 54.9 Å². The van der Waals surface area contributed by atoms with E-state index >= 15 is 0 Å². The van der Waals surface area contributed by atoms with Gasteiger partial charge in [0.25, 0.3) is 5.91 Å². The highest BCUT2D eigenvalue weighted by molar-refractivity contribution is 6.05. The van der Waals surface area contributed by atoms with E-state index in [0.717, 1.165) is 47.0 Å². The Bertz CT molecular complexity index is 1310. The number of amides is 1. The number of nitrogens with zero attached hydrogens (tertiary/aromatic N) is 3. The Morgan fingerprint density at radius 2 is 1.94 bits per heavy atom. The highest BCUT2D eigenvalue weighted by Gasteiger charge is 2.17. The van der Waals surface area contributed by atoms with E-state index < -0.39 is 0 Å². The van der Waals surface area contributed by atoms with Gasteiger partial charge in [-0.3, -0.25) is 4.79 Å². The van der Waals surface area contributed by atoms with Crippen molar-refractivity contribution in [1.82, 2.24) is 15.0 Å². The van der Waals surface area contributed by atoms with Crippen molar-refractivity contribution in [3.63, 3.8) is 0 Å². The number of aryl methyl sites for hydroxylation is 2. The average molecular weight is 409 g/mol. The normalized spacial score (nSPS) is 12.6. The lowest BCUT2D eigenvalue weighted by Crippen LogP contribution is -2.13. The van der Waals surface area contributed by atoms with Crippen LogP contribution >= 0.6 is 0 Å². The van der Waals surface area contributed by atoms with Crippen LogP contribution in [0.5, 0.6) is 0 Å². The van der Waals surface area contributed by atoms with E-state index in [4.69, 9.17) is 0 Å². The fraction of sp³-hybridized carbons (Fsp3) is 0.200. The Labute approximate surface area is 180 Å². The molecule has 0 aliphatic heterocycles. The summed E-state index contributed by atoms with van der Waals surface area (Å²) >= 11 is 0. The summed E-state index contributed by atoms with van der Waals surface area (Å²) in [7, 11) is 1.78. The first kappa shape index (κ1) is 19.2. The van der Waals surface area contributed by atoms with Crippen LogP contribution < -0.4 is 10.6 Å². The molecule has 0 bridgehead atoms. The molecule has 2 aromatic heterocycles. The number of hydrogen-bond donors (Lipinski definition) is 2. The Hall–Kier alpha value is -3.80. The lowest BCUT2D eigenvalue weighted by molar-refractivity contribution is 0.102. The molecule has 0 unspecified atom stereocenters. The highest BCUT2D eigenvalue weighted by atomic mass is 16.1. The van der Waals surface area contributed by atoms with Crippen molar-refractivity contribution in [1.29, 1.82) is 0 Å². The molecule has 2 heterocycles. The number of pyridine rings is 1. The minimum absolute atomic E-state index is 0.0997. The molecule has 31 heavy (non-hydrogen) atoms. The minimum Gasteiger partial charge on any atom is -0.357 e. The second-order valence-corrected chi connectivity index (χ2v) is 7.86. The number of fused-ring (bicyclic) bond motifs is 2. The molecule has 0 saturated heterocycles. The van der Waals surface area contributed by atoms with Crippen molar-refractivity contribution in [3.05, 3.63) is 77.1 Å². The van der Waals surface area contributed by atoms with Gasteiger partial charge in [0.15, 0.2) is 5.65 Å². The quantitative estimate of drug-likeness (QED) is 0.507. The molecule has 1 aliphatic carbocycles. The lowest BCUT2D eigenvalue weighted by atomic mass is 9.98. The van der Waals surface area contributed by atoms with Crippen molar-refractivity contribution in [2.24, 2.45) is 0 Å². The third-order valence-electron chi connectivity index (χ3n) is 5.86. The number of aromatic nitrogens is 3. The molecule has 154 valence electrons. The third-order valence-corrected chi connectivity index (χ3v) is 5.86. The van der Waals surface area contributed by atoms with Crippen LogP contribution in [0.25, 0.3) is 22.2 Å². The largest absolute Gasteiger partial charge is 0.357 e. The van der Waals surface area contributed by atoms with Crippen LogP contribution in [-0.4, -0.2) is 27.9 Å². The minimum atomic E-state index is -0.0997. The zero-order chi connectivity index (χ0) is 21.4. The highest BCUT2D eigenvalue weighted by Crippen LogP contribution is 2.30. The Kier molecular flexibility index (Phi) is 4.82. The van der Waals surface area contributed by atoms with E-state index in [9.17, 15) is 4.79 Å². The summed E-state index contributed by atoms with van der Waals surface area (Å²) in [5.74, 6) is 0.437. The van der Waals surface area contributed by atoms with Crippen LogP contribution in [0.3, 0.4) is 0 Å². The van der Waals surface area contributed by atoms with Crippen molar-refractivity contribution >= 4 is 28.6 Å². The number of hydrogen-bond acceptors (Lipinski definition) is 5. The van der Waals surface area contributed by atoms with Gasteiger partial charge < -0.3 is 10.6 Å². The first-order valence-corrected chi connectivity index (χ1v) is 10.5. The molecular formula is C25H23N5O. The number of rotatable bonds is 4. The van der Waals surface area contributed by atoms with Crippen LogP contribution in [-0.2, 0) is 12.8 Å². The van der Waals surface area contributed by atoms with Crippen LogP contribution in [0.4, 0.5) is 11.6 Å². The van der Waals surface area contributed by atoms with Crippen molar-refractivity contribution in [2.75, 3.05) is 17.7 Å². The number of carbonyl (C=O) groups excluding carboxylic acids is 1. The van der Waals surface area contributed by atoms with Crippen molar-refractivity contribution < 1.29 is 4.79 Å². The fourth-order valence-corrected chi connectivity index (χ4v) is 4.20. The van der Waals surface area contributed by atoms with Gasteiger partial charge in [-0.2, -0.15) is 4.98 Å². The van der Waals surface area contributed by atoms with Crippen LogP contribution in [0.1, 0.15) is 33.5 Å². The van der Waals surface area contributed by atoms with Gasteiger partial charge in [-0.05, 0) is 72.7 Å². The summed E-state index contributed by atoms with van der Waals surface area (Å²) in [4.78, 5) is 26.2. The second kappa shape index (κ2) is 7.80. The van der Waals surface area contributed by atoms with E-state index in [1.165, 1.54) is 11.1 Å². The molecule has 1 amide bonds. The summed E-state index contributed by atoms with van der Waals surface area (Å²) in [6.07, 6.45) is 6.80. The molecule has 6 nitrogen and oxygen atoms in total. The molecule has 4 aromatic rings. The molecule has 1 aliphatic rings. The van der Waals surface area contributed by atoms with Gasteiger partial charge in [0.1, 0.15) is 0 Å². The third kappa shape index (κ3) is 3.61. The lowest BCUT2D eigenvalue weighted by Gasteiger charge is -2.12.